The number of aliphatic imine (C=N–C) groups is 1. The SMILES string of the molecule is CCNC(=NCc1sc(C)nc1C)NC1CCN(C(=O)C(C)C)CC1. The summed E-state index contributed by atoms with van der Waals surface area (Å²) in [5, 5.41) is 7.93. The number of nitrogens with zero attached hydrogens (tertiary/aromatic N) is 3. The van der Waals surface area contributed by atoms with Crippen LogP contribution in [0.25, 0.3) is 0 Å². The second kappa shape index (κ2) is 9.17. The molecule has 0 radical (unpaired) electrons. The summed E-state index contributed by atoms with van der Waals surface area (Å²) < 4.78 is 0. The summed E-state index contributed by atoms with van der Waals surface area (Å²) in [4.78, 5) is 24.5. The number of piperidine rings is 1. The van der Waals surface area contributed by atoms with Crippen molar-refractivity contribution >= 4 is 23.2 Å². The summed E-state index contributed by atoms with van der Waals surface area (Å²) in [6.45, 7) is 13.2. The van der Waals surface area contributed by atoms with Gasteiger partial charge in [0.2, 0.25) is 5.91 Å². The van der Waals surface area contributed by atoms with E-state index in [1.807, 2.05) is 32.6 Å². The number of aryl methyl sites for hydroxylation is 2. The van der Waals surface area contributed by atoms with Crippen LogP contribution in [0.5, 0.6) is 0 Å². The number of amides is 1. The first-order valence-electron chi connectivity index (χ1n) is 9.17. The van der Waals surface area contributed by atoms with Crippen LogP contribution in [0.15, 0.2) is 4.99 Å². The largest absolute Gasteiger partial charge is 0.357 e. The Kier molecular flexibility index (Phi) is 7.23. The standard InChI is InChI=1S/C18H31N5OS/c1-6-19-18(20-11-16-13(4)21-14(5)25-16)22-15-7-9-23(10-8-15)17(24)12(2)3/h12,15H,6-11H2,1-5H3,(H2,19,20,22). The maximum atomic E-state index is 12.1. The van der Waals surface area contributed by atoms with Gasteiger partial charge in [-0.1, -0.05) is 13.8 Å². The first kappa shape index (κ1) is 19.7. The van der Waals surface area contributed by atoms with Crippen LogP contribution in [0.2, 0.25) is 0 Å². The number of likely N-dealkylation sites (tertiary alicyclic amines) is 1. The third-order valence-corrected chi connectivity index (χ3v) is 5.42. The lowest BCUT2D eigenvalue weighted by molar-refractivity contribution is -0.135. The van der Waals surface area contributed by atoms with Gasteiger partial charge in [0.1, 0.15) is 0 Å². The summed E-state index contributed by atoms with van der Waals surface area (Å²) in [5.41, 5.74) is 1.07. The molecule has 2 N–H and O–H groups in total. The van der Waals surface area contributed by atoms with Crippen molar-refractivity contribution in [3.63, 3.8) is 0 Å². The van der Waals surface area contributed by atoms with E-state index in [-0.39, 0.29) is 11.8 Å². The Morgan fingerprint density at radius 1 is 1.36 bits per heavy atom. The Morgan fingerprint density at radius 3 is 2.56 bits per heavy atom. The first-order chi connectivity index (χ1) is 11.9. The normalized spacial score (nSPS) is 16.4. The molecule has 25 heavy (non-hydrogen) atoms. The maximum Gasteiger partial charge on any atom is 0.225 e. The highest BCUT2D eigenvalue weighted by molar-refractivity contribution is 7.11. The maximum absolute atomic E-state index is 12.1. The lowest BCUT2D eigenvalue weighted by Gasteiger charge is -2.34. The molecule has 0 aliphatic carbocycles. The number of hydrogen-bond donors (Lipinski definition) is 2. The van der Waals surface area contributed by atoms with Gasteiger partial charge in [-0.15, -0.1) is 11.3 Å². The summed E-state index contributed by atoms with van der Waals surface area (Å²) in [6, 6.07) is 0.360. The highest BCUT2D eigenvalue weighted by Crippen LogP contribution is 2.18. The summed E-state index contributed by atoms with van der Waals surface area (Å²) in [6.07, 6.45) is 1.92. The molecule has 0 unspecified atom stereocenters. The van der Waals surface area contributed by atoms with E-state index in [0.717, 1.165) is 49.1 Å². The fourth-order valence-electron chi connectivity index (χ4n) is 2.99. The van der Waals surface area contributed by atoms with Crippen LogP contribution >= 0.6 is 11.3 Å². The molecule has 2 rings (SSSR count). The van der Waals surface area contributed by atoms with Crippen LogP contribution in [0.1, 0.15) is 49.2 Å². The van der Waals surface area contributed by atoms with Crippen LogP contribution in [0.4, 0.5) is 0 Å². The Bertz CT molecular complexity index is 603. The first-order valence-corrected chi connectivity index (χ1v) is 9.98. The molecule has 140 valence electrons. The van der Waals surface area contributed by atoms with Gasteiger partial charge in [0, 0.05) is 36.5 Å². The molecular formula is C18H31N5OS. The molecule has 1 amide bonds. The van der Waals surface area contributed by atoms with Crippen LogP contribution in [-0.2, 0) is 11.3 Å². The topological polar surface area (TPSA) is 69.6 Å². The highest BCUT2D eigenvalue weighted by Gasteiger charge is 2.24. The van der Waals surface area contributed by atoms with Crippen LogP contribution < -0.4 is 10.6 Å². The molecule has 1 aromatic heterocycles. The Labute approximate surface area is 155 Å². The van der Waals surface area contributed by atoms with Gasteiger partial charge in [-0.05, 0) is 33.6 Å². The van der Waals surface area contributed by atoms with Gasteiger partial charge >= 0.3 is 0 Å². The van der Waals surface area contributed by atoms with Gasteiger partial charge in [-0.3, -0.25) is 4.79 Å². The van der Waals surface area contributed by atoms with Gasteiger partial charge in [0.15, 0.2) is 5.96 Å². The van der Waals surface area contributed by atoms with Crippen molar-refractivity contribution in [3.05, 3.63) is 15.6 Å². The van der Waals surface area contributed by atoms with Crippen molar-refractivity contribution in [2.45, 2.75) is 60.0 Å². The summed E-state index contributed by atoms with van der Waals surface area (Å²) >= 11 is 1.71. The molecule has 1 aliphatic heterocycles. The summed E-state index contributed by atoms with van der Waals surface area (Å²) in [7, 11) is 0. The molecule has 1 aliphatic rings. The second-order valence-electron chi connectivity index (χ2n) is 6.84. The van der Waals surface area contributed by atoms with Gasteiger partial charge in [-0.25, -0.2) is 9.98 Å². The number of carbonyl (C=O) groups excluding carboxylic acids is 1. The third-order valence-electron chi connectivity index (χ3n) is 4.37. The Balaban J connectivity index is 1.90. The minimum atomic E-state index is 0.0782. The van der Waals surface area contributed by atoms with Crippen LogP contribution in [0, 0.1) is 19.8 Å². The number of guanidine groups is 1. The quantitative estimate of drug-likeness (QED) is 0.621. The number of hydrogen-bond acceptors (Lipinski definition) is 4. The zero-order valence-corrected chi connectivity index (χ0v) is 16.9. The minimum Gasteiger partial charge on any atom is -0.357 e. The molecule has 0 spiro atoms. The fraction of sp³-hybridized carbons (Fsp3) is 0.722. The van der Waals surface area contributed by atoms with Crippen LogP contribution in [0.3, 0.4) is 0 Å². The Hall–Kier alpha value is -1.63. The van der Waals surface area contributed by atoms with E-state index in [2.05, 4.69) is 22.5 Å². The monoisotopic (exact) mass is 365 g/mol. The molecule has 1 aromatic rings. The van der Waals surface area contributed by atoms with E-state index in [1.165, 1.54) is 4.88 Å². The smallest absolute Gasteiger partial charge is 0.225 e. The van der Waals surface area contributed by atoms with E-state index in [9.17, 15) is 4.79 Å². The fourth-order valence-corrected chi connectivity index (χ4v) is 3.86. The lowest BCUT2D eigenvalue weighted by Crippen LogP contribution is -2.50. The average Bonchev–Trinajstić information content (AvgIpc) is 2.90. The molecule has 2 heterocycles. The highest BCUT2D eigenvalue weighted by atomic mass is 32.1. The van der Waals surface area contributed by atoms with Gasteiger partial charge in [-0.2, -0.15) is 0 Å². The van der Waals surface area contributed by atoms with Gasteiger partial charge in [0.05, 0.1) is 17.2 Å². The van der Waals surface area contributed by atoms with E-state index in [1.54, 1.807) is 11.3 Å². The molecule has 0 aromatic carbocycles. The molecule has 1 saturated heterocycles. The molecule has 0 bridgehead atoms. The van der Waals surface area contributed by atoms with E-state index in [0.29, 0.717) is 12.6 Å². The lowest BCUT2D eigenvalue weighted by atomic mass is 10.0. The second-order valence-corrected chi connectivity index (χ2v) is 8.12. The van der Waals surface area contributed by atoms with Crippen molar-refractivity contribution in [3.8, 4) is 0 Å². The predicted octanol–water partition coefficient (Wildman–Crippen LogP) is 2.46. The number of nitrogens with one attached hydrogen (secondary N) is 2. The minimum absolute atomic E-state index is 0.0782. The van der Waals surface area contributed by atoms with Crippen molar-refractivity contribution in [1.29, 1.82) is 0 Å². The van der Waals surface area contributed by atoms with Gasteiger partial charge in [0.25, 0.3) is 0 Å². The van der Waals surface area contributed by atoms with E-state index < -0.39 is 0 Å². The van der Waals surface area contributed by atoms with Crippen molar-refractivity contribution in [1.82, 2.24) is 20.5 Å². The molecule has 6 nitrogen and oxygen atoms in total. The molecule has 0 saturated carbocycles. The number of aromatic nitrogens is 1. The molecule has 1 fully saturated rings. The molecule has 0 atom stereocenters. The van der Waals surface area contributed by atoms with E-state index >= 15 is 0 Å². The third kappa shape index (κ3) is 5.70. The zero-order chi connectivity index (χ0) is 18.4. The van der Waals surface area contributed by atoms with Gasteiger partial charge < -0.3 is 15.5 Å². The summed E-state index contributed by atoms with van der Waals surface area (Å²) in [5.74, 6) is 1.19. The predicted molar refractivity (Wildman–Crippen MR) is 104 cm³/mol. The number of rotatable bonds is 5. The number of carbonyl (C=O) groups is 1. The average molecular weight is 366 g/mol. The number of thiazole rings is 1. The van der Waals surface area contributed by atoms with Crippen molar-refractivity contribution in [2.24, 2.45) is 10.9 Å². The van der Waals surface area contributed by atoms with Crippen LogP contribution in [-0.4, -0.2) is 47.4 Å². The van der Waals surface area contributed by atoms with Crippen molar-refractivity contribution < 1.29 is 4.79 Å². The molecular weight excluding hydrogens is 334 g/mol. The van der Waals surface area contributed by atoms with Crippen molar-refractivity contribution in [2.75, 3.05) is 19.6 Å². The molecule has 7 heteroatoms. The Morgan fingerprint density at radius 2 is 2.04 bits per heavy atom. The zero-order valence-electron chi connectivity index (χ0n) is 16.1. The van der Waals surface area contributed by atoms with E-state index in [4.69, 9.17) is 4.99 Å².